The van der Waals surface area contributed by atoms with E-state index in [1.54, 1.807) is 24.5 Å². The molecule has 0 unspecified atom stereocenters. The quantitative estimate of drug-likeness (QED) is 0.827. The molecule has 104 valence electrons. The summed E-state index contributed by atoms with van der Waals surface area (Å²) in [6.07, 6.45) is 6.10. The van der Waals surface area contributed by atoms with Gasteiger partial charge in [0.2, 0.25) is 0 Å². The topological polar surface area (TPSA) is 42.0 Å². The Labute approximate surface area is 124 Å². The molecule has 1 aromatic heterocycles. The zero-order valence-electron chi connectivity index (χ0n) is 11.2. The van der Waals surface area contributed by atoms with Crippen LogP contribution in [0.15, 0.2) is 48.8 Å². The molecule has 0 bridgehead atoms. The Balaban J connectivity index is 1.67. The second-order valence-corrected chi connectivity index (χ2v) is 4.95. The van der Waals surface area contributed by atoms with Gasteiger partial charge < -0.3 is 5.32 Å². The van der Waals surface area contributed by atoms with Crippen molar-refractivity contribution in [3.8, 4) is 0 Å². The van der Waals surface area contributed by atoms with Gasteiger partial charge in [-0.3, -0.25) is 9.78 Å². The molecule has 1 aromatic carbocycles. The number of unbranched alkanes of at least 4 members (excludes halogenated alkanes) is 1. The lowest BCUT2D eigenvalue weighted by atomic mass is 10.1. The Morgan fingerprint density at radius 1 is 1.10 bits per heavy atom. The van der Waals surface area contributed by atoms with Crippen LogP contribution in [0.5, 0.6) is 0 Å². The summed E-state index contributed by atoms with van der Waals surface area (Å²) in [5, 5.41) is 3.71. The molecule has 1 heterocycles. The maximum atomic E-state index is 11.8. The zero-order valence-corrected chi connectivity index (χ0v) is 11.9. The second kappa shape index (κ2) is 7.65. The molecule has 0 spiro atoms. The van der Waals surface area contributed by atoms with Gasteiger partial charge in [-0.25, -0.2) is 0 Å². The lowest BCUT2D eigenvalue weighted by Crippen LogP contribution is -2.24. The van der Waals surface area contributed by atoms with Crippen molar-refractivity contribution in [3.63, 3.8) is 0 Å². The molecule has 0 fully saturated rings. The van der Waals surface area contributed by atoms with Gasteiger partial charge in [0, 0.05) is 29.5 Å². The second-order valence-electron chi connectivity index (χ2n) is 4.54. The van der Waals surface area contributed by atoms with Gasteiger partial charge in [0.15, 0.2) is 0 Å². The molecule has 0 aliphatic rings. The summed E-state index contributed by atoms with van der Waals surface area (Å²) in [6, 6.07) is 11.3. The number of amides is 1. The Kier molecular flexibility index (Phi) is 5.56. The molecule has 1 amide bonds. The number of benzene rings is 1. The first kappa shape index (κ1) is 14.5. The first-order valence-electron chi connectivity index (χ1n) is 6.69. The van der Waals surface area contributed by atoms with Crippen molar-refractivity contribution >= 4 is 17.5 Å². The van der Waals surface area contributed by atoms with Crippen molar-refractivity contribution < 1.29 is 4.79 Å². The van der Waals surface area contributed by atoms with E-state index in [2.05, 4.69) is 10.3 Å². The van der Waals surface area contributed by atoms with E-state index in [9.17, 15) is 4.79 Å². The predicted octanol–water partition coefficient (Wildman–Crippen LogP) is 3.49. The molecule has 1 N–H and O–H groups in total. The van der Waals surface area contributed by atoms with Crippen LogP contribution < -0.4 is 5.32 Å². The highest BCUT2D eigenvalue weighted by Crippen LogP contribution is 2.16. The number of hydrogen-bond donors (Lipinski definition) is 1. The standard InChI is InChI=1S/C16H17ClN2O/c17-15-7-2-1-5-13(15)6-3-4-10-19-16(20)14-8-11-18-12-9-14/h1-2,5,7-9,11-12H,3-4,6,10H2,(H,19,20). The SMILES string of the molecule is O=C(NCCCCc1ccccc1Cl)c1ccncc1. The van der Waals surface area contributed by atoms with E-state index >= 15 is 0 Å². The largest absolute Gasteiger partial charge is 0.352 e. The molecule has 20 heavy (non-hydrogen) atoms. The summed E-state index contributed by atoms with van der Waals surface area (Å²) in [4.78, 5) is 15.7. The van der Waals surface area contributed by atoms with Gasteiger partial charge in [-0.2, -0.15) is 0 Å². The molecule has 0 saturated heterocycles. The Morgan fingerprint density at radius 2 is 1.85 bits per heavy atom. The smallest absolute Gasteiger partial charge is 0.251 e. The van der Waals surface area contributed by atoms with E-state index in [0.717, 1.165) is 29.8 Å². The van der Waals surface area contributed by atoms with Gasteiger partial charge in [-0.1, -0.05) is 29.8 Å². The van der Waals surface area contributed by atoms with Crippen molar-refractivity contribution in [2.45, 2.75) is 19.3 Å². The lowest BCUT2D eigenvalue weighted by molar-refractivity contribution is 0.0953. The zero-order chi connectivity index (χ0) is 14.2. The molecule has 0 atom stereocenters. The Bertz CT molecular complexity index is 557. The van der Waals surface area contributed by atoms with Crippen LogP contribution in [-0.4, -0.2) is 17.4 Å². The highest BCUT2D eigenvalue weighted by Gasteiger charge is 2.03. The number of nitrogens with zero attached hydrogens (tertiary/aromatic N) is 1. The summed E-state index contributed by atoms with van der Waals surface area (Å²) in [5.41, 5.74) is 1.81. The van der Waals surface area contributed by atoms with E-state index in [0.29, 0.717) is 12.1 Å². The van der Waals surface area contributed by atoms with Crippen LogP contribution in [0.25, 0.3) is 0 Å². The summed E-state index contributed by atoms with van der Waals surface area (Å²) in [5.74, 6) is -0.0508. The third-order valence-electron chi connectivity index (χ3n) is 3.06. The molecule has 3 nitrogen and oxygen atoms in total. The molecule has 0 saturated carbocycles. The molecular weight excluding hydrogens is 272 g/mol. The fourth-order valence-electron chi connectivity index (χ4n) is 1.95. The van der Waals surface area contributed by atoms with Gasteiger partial charge in [-0.05, 0) is 43.0 Å². The normalized spacial score (nSPS) is 10.2. The van der Waals surface area contributed by atoms with E-state index in [-0.39, 0.29) is 5.91 Å². The maximum absolute atomic E-state index is 11.8. The van der Waals surface area contributed by atoms with Gasteiger partial charge >= 0.3 is 0 Å². The number of aromatic nitrogens is 1. The van der Waals surface area contributed by atoms with Gasteiger partial charge in [0.05, 0.1) is 0 Å². The molecule has 2 aromatic rings. The number of carbonyl (C=O) groups excluding carboxylic acids is 1. The number of nitrogens with one attached hydrogen (secondary N) is 1. The highest BCUT2D eigenvalue weighted by atomic mass is 35.5. The average molecular weight is 289 g/mol. The van der Waals surface area contributed by atoms with E-state index < -0.39 is 0 Å². The van der Waals surface area contributed by atoms with Crippen LogP contribution >= 0.6 is 11.6 Å². The van der Waals surface area contributed by atoms with Gasteiger partial charge in [0.25, 0.3) is 5.91 Å². The van der Waals surface area contributed by atoms with Crippen molar-refractivity contribution in [1.29, 1.82) is 0 Å². The predicted molar refractivity (Wildman–Crippen MR) is 81.0 cm³/mol. The minimum Gasteiger partial charge on any atom is -0.352 e. The van der Waals surface area contributed by atoms with Crippen LogP contribution in [0.4, 0.5) is 0 Å². The molecule has 0 aliphatic carbocycles. The fourth-order valence-corrected chi connectivity index (χ4v) is 2.18. The van der Waals surface area contributed by atoms with Crippen LogP contribution in [0.3, 0.4) is 0 Å². The third kappa shape index (κ3) is 4.35. The summed E-state index contributed by atoms with van der Waals surface area (Å²) < 4.78 is 0. The number of carbonyl (C=O) groups is 1. The minimum absolute atomic E-state index is 0.0508. The van der Waals surface area contributed by atoms with Gasteiger partial charge in [-0.15, -0.1) is 0 Å². The molecule has 0 aliphatic heterocycles. The number of rotatable bonds is 6. The lowest BCUT2D eigenvalue weighted by Gasteiger charge is -2.06. The first-order chi connectivity index (χ1) is 9.77. The Morgan fingerprint density at radius 3 is 2.60 bits per heavy atom. The van der Waals surface area contributed by atoms with Crippen LogP contribution in [0.1, 0.15) is 28.8 Å². The molecule has 2 rings (SSSR count). The number of halogens is 1. The monoisotopic (exact) mass is 288 g/mol. The van der Waals surface area contributed by atoms with Crippen LogP contribution in [-0.2, 0) is 6.42 Å². The first-order valence-corrected chi connectivity index (χ1v) is 7.07. The maximum Gasteiger partial charge on any atom is 0.251 e. The molecule has 0 radical (unpaired) electrons. The van der Waals surface area contributed by atoms with E-state index in [4.69, 9.17) is 11.6 Å². The van der Waals surface area contributed by atoms with Crippen LogP contribution in [0.2, 0.25) is 5.02 Å². The van der Waals surface area contributed by atoms with Crippen molar-refractivity contribution in [1.82, 2.24) is 10.3 Å². The number of aryl methyl sites for hydroxylation is 1. The summed E-state index contributed by atoms with van der Waals surface area (Å²) in [6.45, 7) is 0.672. The molecule has 4 heteroatoms. The van der Waals surface area contributed by atoms with E-state index in [1.165, 1.54) is 0 Å². The average Bonchev–Trinajstić information content (AvgIpc) is 2.49. The Hall–Kier alpha value is -1.87. The fraction of sp³-hybridized carbons (Fsp3) is 0.250. The third-order valence-corrected chi connectivity index (χ3v) is 3.43. The van der Waals surface area contributed by atoms with E-state index in [1.807, 2.05) is 24.3 Å². The number of pyridine rings is 1. The van der Waals surface area contributed by atoms with Crippen molar-refractivity contribution in [3.05, 3.63) is 64.9 Å². The minimum atomic E-state index is -0.0508. The highest BCUT2D eigenvalue weighted by molar-refractivity contribution is 6.31. The molecular formula is C16H17ClN2O. The van der Waals surface area contributed by atoms with Crippen LogP contribution in [0, 0.1) is 0 Å². The van der Waals surface area contributed by atoms with Gasteiger partial charge in [0.1, 0.15) is 0 Å². The summed E-state index contributed by atoms with van der Waals surface area (Å²) in [7, 11) is 0. The summed E-state index contributed by atoms with van der Waals surface area (Å²) >= 11 is 6.09. The van der Waals surface area contributed by atoms with Crippen molar-refractivity contribution in [2.24, 2.45) is 0 Å². The van der Waals surface area contributed by atoms with Crippen molar-refractivity contribution in [2.75, 3.05) is 6.54 Å². The number of hydrogen-bond acceptors (Lipinski definition) is 2.